The van der Waals surface area contributed by atoms with Crippen LogP contribution in [0.15, 0.2) is 49.1 Å². The highest BCUT2D eigenvalue weighted by atomic mass is 16.1. The van der Waals surface area contributed by atoms with E-state index in [2.05, 4.69) is 25.0 Å². The van der Waals surface area contributed by atoms with Crippen molar-refractivity contribution in [2.75, 3.05) is 0 Å². The van der Waals surface area contributed by atoms with Gasteiger partial charge in [-0.2, -0.15) is 5.10 Å². The molecule has 4 aromatic heterocycles. The van der Waals surface area contributed by atoms with Crippen molar-refractivity contribution in [3.8, 4) is 22.6 Å². The molecule has 0 saturated heterocycles. The third kappa shape index (κ3) is 2.79. The van der Waals surface area contributed by atoms with Gasteiger partial charge in [0, 0.05) is 18.0 Å². The second-order valence-electron chi connectivity index (χ2n) is 4.66. The zero-order chi connectivity index (χ0) is 16.9. The minimum Gasteiger partial charge on any atom is -0.334 e. The molecule has 7 heteroatoms. The van der Waals surface area contributed by atoms with E-state index in [0.29, 0.717) is 17.7 Å². The lowest BCUT2D eigenvalue weighted by atomic mass is 10.1. The molecule has 0 atom stereocenters. The number of imidazole rings is 1. The molecule has 0 saturated carbocycles. The van der Waals surface area contributed by atoms with E-state index in [9.17, 15) is 4.79 Å². The summed E-state index contributed by atoms with van der Waals surface area (Å²) in [7, 11) is 0. The van der Waals surface area contributed by atoms with Crippen LogP contribution in [-0.2, 0) is 0 Å². The summed E-state index contributed by atoms with van der Waals surface area (Å²) in [4.78, 5) is 26.8. The Morgan fingerprint density at radius 3 is 2.75 bits per heavy atom. The molecule has 0 amide bonds. The fourth-order valence-electron chi connectivity index (χ4n) is 2.31. The van der Waals surface area contributed by atoms with Gasteiger partial charge in [-0.15, -0.1) is 0 Å². The number of hydrogen-bond acceptors (Lipinski definition) is 5. The maximum Gasteiger partial charge on any atom is 0.185 e. The van der Waals surface area contributed by atoms with Crippen LogP contribution in [-0.4, -0.2) is 35.8 Å². The first-order valence-electron chi connectivity index (χ1n) is 7.61. The number of fused-ring (bicyclic) bond motifs is 1. The summed E-state index contributed by atoms with van der Waals surface area (Å²) in [5.41, 5.74) is 3.63. The Labute approximate surface area is 138 Å². The molecule has 0 radical (unpaired) electrons. The van der Waals surface area contributed by atoms with Gasteiger partial charge >= 0.3 is 0 Å². The molecule has 0 aliphatic rings. The Morgan fingerprint density at radius 1 is 1.12 bits per heavy atom. The number of nitrogens with one attached hydrogen (secondary N) is 1. The highest BCUT2D eigenvalue weighted by Crippen LogP contribution is 2.28. The van der Waals surface area contributed by atoms with Crippen LogP contribution < -0.4 is 0 Å². The lowest BCUT2D eigenvalue weighted by Crippen LogP contribution is -1.91. The predicted molar refractivity (Wildman–Crippen MR) is 90.5 cm³/mol. The summed E-state index contributed by atoms with van der Waals surface area (Å²) in [6, 6.07) is 9.32. The first kappa shape index (κ1) is 15.5. The van der Waals surface area contributed by atoms with Gasteiger partial charge in [-0.25, -0.2) is 14.5 Å². The standard InChI is InChI=1S/C15H10N6O.C2H6/c22-8-12-19-14(15(20-12)11-3-1-2-6-16-11)10-4-5-13-17-9-18-21(13)7-10;1-2/h1-9H,(H,19,20);1-2H3. The normalized spacial score (nSPS) is 10.2. The zero-order valence-corrected chi connectivity index (χ0v) is 13.3. The smallest absolute Gasteiger partial charge is 0.185 e. The number of rotatable bonds is 3. The van der Waals surface area contributed by atoms with E-state index in [-0.39, 0.29) is 5.82 Å². The van der Waals surface area contributed by atoms with Crippen molar-refractivity contribution in [2.24, 2.45) is 0 Å². The lowest BCUT2D eigenvalue weighted by Gasteiger charge is -2.02. The van der Waals surface area contributed by atoms with Crippen molar-refractivity contribution in [1.29, 1.82) is 0 Å². The second kappa shape index (κ2) is 6.82. The van der Waals surface area contributed by atoms with Crippen molar-refractivity contribution in [3.63, 3.8) is 0 Å². The average Bonchev–Trinajstić information content (AvgIpc) is 3.30. The van der Waals surface area contributed by atoms with E-state index in [0.717, 1.165) is 16.9 Å². The largest absolute Gasteiger partial charge is 0.334 e. The quantitative estimate of drug-likeness (QED) is 0.586. The molecule has 4 rings (SSSR count). The van der Waals surface area contributed by atoms with E-state index >= 15 is 0 Å². The third-order valence-corrected chi connectivity index (χ3v) is 3.30. The molecule has 4 aromatic rings. The van der Waals surface area contributed by atoms with Gasteiger partial charge < -0.3 is 4.98 Å². The number of carbonyl (C=O) groups excluding carboxylic acids is 1. The SMILES string of the molecule is CC.O=Cc1nc(-c2ccc3ncnn3c2)c(-c2ccccn2)[nH]1. The molecule has 120 valence electrons. The monoisotopic (exact) mass is 320 g/mol. The molecule has 4 heterocycles. The molecule has 0 unspecified atom stereocenters. The highest BCUT2D eigenvalue weighted by Gasteiger charge is 2.15. The third-order valence-electron chi connectivity index (χ3n) is 3.30. The highest BCUT2D eigenvalue weighted by molar-refractivity contribution is 5.81. The van der Waals surface area contributed by atoms with Crippen LogP contribution >= 0.6 is 0 Å². The van der Waals surface area contributed by atoms with Gasteiger partial charge in [-0.1, -0.05) is 19.9 Å². The van der Waals surface area contributed by atoms with E-state index in [1.807, 2.05) is 50.4 Å². The number of aldehydes is 1. The summed E-state index contributed by atoms with van der Waals surface area (Å²) >= 11 is 0. The molecular weight excluding hydrogens is 304 g/mol. The number of H-pyrrole nitrogens is 1. The van der Waals surface area contributed by atoms with Gasteiger partial charge in [-0.3, -0.25) is 9.78 Å². The maximum absolute atomic E-state index is 11.1. The topological polar surface area (TPSA) is 88.8 Å². The Kier molecular flexibility index (Phi) is 4.42. The molecule has 0 aromatic carbocycles. The Morgan fingerprint density at radius 2 is 2.00 bits per heavy atom. The summed E-state index contributed by atoms with van der Waals surface area (Å²) in [5.74, 6) is 0.259. The van der Waals surface area contributed by atoms with E-state index in [1.54, 1.807) is 10.7 Å². The molecular formula is C17H16N6O. The van der Waals surface area contributed by atoms with Gasteiger partial charge in [0.25, 0.3) is 0 Å². The number of aromatic nitrogens is 6. The summed E-state index contributed by atoms with van der Waals surface area (Å²) in [6.45, 7) is 4.00. The van der Waals surface area contributed by atoms with Gasteiger partial charge in [0.05, 0.1) is 11.4 Å². The first-order valence-corrected chi connectivity index (χ1v) is 7.61. The zero-order valence-electron chi connectivity index (χ0n) is 13.3. The van der Waals surface area contributed by atoms with E-state index < -0.39 is 0 Å². The van der Waals surface area contributed by atoms with Gasteiger partial charge in [0.1, 0.15) is 12.0 Å². The molecule has 0 aliphatic carbocycles. The molecule has 0 bridgehead atoms. The van der Waals surface area contributed by atoms with Gasteiger partial charge in [0.2, 0.25) is 0 Å². The maximum atomic E-state index is 11.1. The minimum absolute atomic E-state index is 0.259. The minimum atomic E-state index is 0.259. The predicted octanol–water partition coefficient (Wildman–Crippen LogP) is 3.02. The lowest BCUT2D eigenvalue weighted by molar-refractivity contribution is 0.111. The van der Waals surface area contributed by atoms with Crippen LogP contribution in [0.3, 0.4) is 0 Å². The fourth-order valence-corrected chi connectivity index (χ4v) is 2.31. The van der Waals surface area contributed by atoms with Crippen molar-refractivity contribution in [2.45, 2.75) is 13.8 Å². The second-order valence-corrected chi connectivity index (χ2v) is 4.66. The molecule has 0 fully saturated rings. The first-order chi connectivity index (χ1) is 11.8. The van der Waals surface area contributed by atoms with E-state index in [1.165, 1.54) is 6.33 Å². The Bertz CT molecular complexity index is 958. The van der Waals surface area contributed by atoms with Crippen molar-refractivity contribution in [1.82, 2.24) is 29.5 Å². The van der Waals surface area contributed by atoms with Crippen LogP contribution in [0.25, 0.3) is 28.3 Å². The Balaban J connectivity index is 0.000000815. The van der Waals surface area contributed by atoms with Gasteiger partial charge in [0.15, 0.2) is 17.8 Å². The summed E-state index contributed by atoms with van der Waals surface area (Å²) < 4.78 is 1.66. The summed E-state index contributed by atoms with van der Waals surface area (Å²) in [5, 5.41) is 4.12. The number of carbonyl (C=O) groups is 1. The molecule has 24 heavy (non-hydrogen) atoms. The molecule has 0 spiro atoms. The van der Waals surface area contributed by atoms with Crippen LogP contribution in [0, 0.1) is 0 Å². The van der Waals surface area contributed by atoms with Crippen LogP contribution in [0.1, 0.15) is 24.5 Å². The van der Waals surface area contributed by atoms with E-state index in [4.69, 9.17) is 0 Å². The molecule has 7 nitrogen and oxygen atoms in total. The average molecular weight is 320 g/mol. The fraction of sp³-hybridized carbons (Fsp3) is 0.118. The van der Waals surface area contributed by atoms with Crippen molar-refractivity contribution < 1.29 is 4.79 Å². The van der Waals surface area contributed by atoms with Crippen molar-refractivity contribution >= 4 is 11.9 Å². The number of pyridine rings is 2. The number of hydrogen-bond donors (Lipinski definition) is 1. The van der Waals surface area contributed by atoms with Crippen LogP contribution in [0.2, 0.25) is 0 Å². The Hall–Kier alpha value is -3.35. The van der Waals surface area contributed by atoms with Crippen LogP contribution in [0.5, 0.6) is 0 Å². The van der Waals surface area contributed by atoms with Crippen LogP contribution in [0.4, 0.5) is 0 Å². The molecule has 1 N–H and O–H groups in total. The summed E-state index contributed by atoms with van der Waals surface area (Å²) in [6.07, 6.45) is 5.69. The number of aromatic amines is 1. The van der Waals surface area contributed by atoms with Gasteiger partial charge in [-0.05, 0) is 24.3 Å². The molecule has 0 aliphatic heterocycles. The van der Waals surface area contributed by atoms with Crippen molar-refractivity contribution in [3.05, 3.63) is 54.9 Å². The number of nitrogens with zero attached hydrogens (tertiary/aromatic N) is 5.